The highest BCUT2D eigenvalue weighted by Gasteiger charge is 2.53. The van der Waals surface area contributed by atoms with Gasteiger partial charge in [-0.3, -0.25) is 0 Å². The van der Waals surface area contributed by atoms with E-state index < -0.39 is 32.6 Å². The van der Waals surface area contributed by atoms with Gasteiger partial charge in [0.2, 0.25) is 10.0 Å². The van der Waals surface area contributed by atoms with Crippen molar-refractivity contribution >= 4 is 10.0 Å². The van der Waals surface area contributed by atoms with E-state index in [1.807, 2.05) is 0 Å². The van der Waals surface area contributed by atoms with Crippen molar-refractivity contribution in [2.24, 2.45) is 11.7 Å². The first-order chi connectivity index (χ1) is 9.40. The summed E-state index contributed by atoms with van der Waals surface area (Å²) in [5.74, 6) is -1.70. The van der Waals surface area contributed by atoms with E-state index in [1.165, 1.54) is 0 Å². The Balaban J connectivity index is 1.84. The average molecular weight is 304 g/mol. The number of hydrogen-bond acceptors (Lipinski definition) is 4. The molecule has 0 spiro atoms. The molecule has 5 nitrogen and oxygen atoms in total. The molecule has 1 aromatic rings. The summed E-state index contributed by atoms with van der Waals surface area (Å²) >= 11 is 0. The van der Waals surface area contributed by atoms with E-state index in [4.69, 9.17) is 10.5 Å². The topological polar surface area (TPSA) is 81.4 Å². The second-order valence-corrected chi connectivity index (χ2v) is 6.77. The van der Waals surface area contributed by atoms with E-state index in [0.717, 1.165) is 18.6 Å². The van der Waals surface area contributed by atoms with Crippen LogP contribution >= 0.6 is 0 Å². The minimum atomic E-state index is -4.17. The van der Waals surface area contributed by atoms with Gasteiger partial charge < -0.3 is 10.5 Å². The van der Waals surface area contributed by atoms with E-state index in [0.29, 0.717) is 12.7 Å². The fourth-order valence-corrected chi connectivity index (χ4v) is 4.19. The molecule has 3 rings (SSSR count). The Morgan fingerprint density at radius 1 is 1.35 bits per heavy atom. The van der Waals surface area contributed by atoms with E-state index in [9.17, 15) is 17.2 Å². The molecular formula is C12H14F2N2O3S. The van der Waals surface area contributed by atoms with Gasteiger partial charge >= 0.3 is 0 Å². The summed E-state index contributed by atoms with van der Waals surface area (Å²) in [6.07, 6.45) is 0.509. The van der Waals surface area contributed by atoms with Crippen molar-refractivity contribution in [3.63, 3.8) is 0 Å². The fourth-order valence-electron chi connectivity index (χ4n) is 2.82. The summed E-state index contributed by atoms with van der Waals surface area (Å²) in [6.45, 7) is 0.537. The van der Waals surface area contributed by atoms with Crippen LogP contribution in [0.3, 0.4) is 0 Å². The van der Waals surface area contributed by atoms with Gasteiger partial charge in [0.1, 0.15) is 16.5 Å². The van der Waals surface area contributed by atoms with Gasteiger partial charge in [0, 0.05) is 18.6 Å². The smallest absolute Gasteiger partial charge is 0.243 e. The highest BCUT2D eigenvalue weighted by atomic mass is 32.2. The predicted molar refractivity (Wildman–Crippen MR) is 66.3 cm³/mol. The Morgan fingerprint density at radius 2 is 2.10 bits per heavy atom. The maximum atomic E-state index is 13.6. The van der Waals surface area contributed by atoms with Gasteiger partial charge in [0.15, 0.2) is 0 Å². The molecule has 4 atom stereocenters. The molecule has 1 aromatic carbocycles. The first-order valence-electron chi connectivity index (χ1n) is 6.25. The molecule has 2 aliphatic rings. The van der Waals surface area contributed by atoms with E-state index in [1.54, 1.807) is 0 Å². The van der Waals surface area contributed by atoms with Crippen LogP contribution in [0, 0.1) is 17.6 Å². The van der Waals surface area contributed by atoms with Crippen molar-refractivity contribution in [3.05, 3.63) is 29.8 Å². The Kier molecular flexibility index (Phi) is 3.28. The van der Waals surface area contributed by atoms with Crippen molar-refractivity contribution < 1.29 is 21.9 Å². The number of ether oxygens (including phenoxy) is 1. The Labute approximate surface area is 115 Å². The molecule has 2 fully saturated rings. The summed E-state index contributed by atoms with van der Waals surface area (Å²) in [7, 11) is -4.17. The first kappa shape index (κ1) is 13.9. The lowest BCUT2D eigenvalue weighted by atomic mass is 9.73. The van der Waals surface area contributed by atoms with Gasteiger partial charge in [-0.25, -0.2) is 21.9 Å². The number of rotatable bonds is 3. The molecule has 20 heavy (non-hydrogen) atoms. The normalized spacial score (nSPS) is 32.8. The van der Waals surface area contributed by atoms with E-state index in [-0.39, 0.29) is 18.1 Å². The largest absolute Gasteiger partial charge is 0.376 e. The molecule has 1 aliphatic heterocycles. The summed E-state index contributed by atoms with van der Waals surface area (Å²) in [5.41, 5.74) is 5.89. The second-order valence-electron chi connectivity index (χ2n) is 5.09. The van der Waals surface area contributed by atoms with Crippen molar-refractivity contribution in [1.82, 2.24) is 4.72 Å². The molecular weight excluding hydrogens is 290 g/mol. The fraction of sp³-hybridized carbons (Fsp3) is 0.500. The third kappa shape index (κ3) is 2.12. The predicted octanol–water partition coefficient (Wildman–Crippen LogP) is 0.358. The molecule has 0 bridgehead atoms. The standard InChI is InChI=1S/C12H14F2N2O3S/c13-6-1-2-8(14)9(5-6)20(17,18)16-11-10(15)7-3-4-19-12(7)11/h1-2,5,7,10-12,16H,3-4,15H2. The van der Waals surface area contributed by atoms with Crippen LogP contribution < -0.4 is 10.5 Å². The van der Waals surface area contributed by atoms with Crippen LogP contribution in [0.25, 0.3) is 0 Å². The van der Waals surface area contributed by atoms with Crippen LogP contribution in [0.4, 0.5) is 8.78 Å². The first-order valence-corrected chi connectivity index (χ1v) is 7.73. The van der Waals surface area contributed by atoms with Crippen molar-refractivity contribution in [2.75, 3.05) is 6.61 Å². The van der Waals surface area contributed by atoms with Gasteiger partial charge in [0.25, 0.3) is 0 Å². The van der Waals surface area contributed by atoms with Gasteiger partial charge in [-0.1, -0.05) is 0 Å². The molecule has 3 N–H and O–H groups in total. The number of fused-ring (bicyclic) bond motifs is 1. The third-order valence-corrected chi connectivity index (χ3v) is 5.39. The van der Waals surface area contributed by atoms with Gasteiger partial charge in [-0.2, -0.15) is 0 Å². The minimum Gasteiger partial charge on any atom is -0.376 e. The molecule has 0 amide bonds. The number of hydrogen-bond donors (Lipinski definition) is 2. The lowest BCUT2D eigenvalue weighted by molar-refractivity contribution is -0.00926. The molecule has 0 radical (unpaired) electrons. The lowest BCUT2D eigenvalue weighted by Crippen LogP contribution is -2.68. The minimum absolute atomic E-state index is 0.125. The number of nitrogens with one attached hydrogen (secondary N) is 1. The molecule has 1 heterocycles. The molecule has 1 saturated heterocycles. The number of benzene rings is 1. The zero-order chi connectivity index (χ0) is 14.5. The van der Waals surface area contributed by atoms with Crippen LogP contribution in [0.1, 0.15) is 6.42 Å². The number of halogens is 2. The van der Waals surface area contributed by atoms with E-state index >= 15 is 0 Å². The lowest BCUT2D eigenvalue weighted by Gasteiger charge is -2.45. The van der Waals surface area contributed by atoms with Gasteiger partial charge in [-0.05, 0) is 24.6 Å². The summed E-state index contributed by atoms with van der Waals surface area (Å²) in [5, 5.41) is 0. The Bertz CT molecular complexity index is 638. The number of nitrogens with two attached hydrogens (primary N) is 1. The van der Waals surface area contributed by atoms with Crippen LogP contribution in [-0.2, 0) is 14.8 Å². The zero-order valence-electron chi connectivity index (χ0n) is 10.4. The molecule has 4 unspecified atom stereocenters. The van der Waals surface area contributed by atoms with Crippen LogP contribution in [0.2, 0.25) is 0 Å². The zero-order valence-corrected chi connectivity index (χ0v) is 11.2. The summed E-state index contributed by atoms with van der Waals surface area (Å²) in [4.78, 5) is -0.717. The number of sulfonamides is 1. The molecule has 8 heteroatoms. The molecule has 1 saturated carbocycles. The van der Waals surface area contributed by atoms with Crippen molar-refractivity contribution in [1.29, 1.82) is 0 Å². The quantitative estimate of drug-likeness (QED) is 0.845. The average Bonchev–Trinajstić information content (AvgIpc) is 2.84. The van der Waals surface area contributed by atoms with Crippen LogP contribution in [0.15, 0.2) is 23.1 Å². The van der Waals surface area contributed by atoms with Crippen molar-refractivity contribution in [2.45, 2.75) is 29.5 Å². The van der Waals surface area contributed by atoms with Crippen LogP contribution in [-0.4, -0.2) is 33.2 Å². The summed E-state index contributed by atoms with van der Waals surface area (Å²) < 4.78 is 58.6. The highest BCUT2D eigenvalue weighted by Crippen LogP contribution is 2.38. The maximum Gasteiger partial charge on any atom is 0.243 e. The summed E-state index contributed by atoms with van der Waals surface area (Å²) in [6, 6.07) is 1.32. The SMILES string of the molecule is NC1C2CCOC2C1NS(=O)(=O)c1cc(F)ccc1F. The van der Waals surface area contributed by atoms with Gasteiger partial charge in [0.05, 0.1) is 12.1 Å². The van der Waals surface area contributed by atoms with Gasteiger partial charge in [-0.15, -0.1) is 0 Å². The molecule has 1 aliphatic carbocycles. The monoisotopic (exact) mass is 304 g/mol. The maximum absolute atomic E-state index is 13.6. The third-order valence-electron chi connectivity index (χ3n) is 3.92. The molecule has 0 aromatic heterocycles. The second kappa shape index (κ2) is 4.73. The molecule has 110 valence electrons. The highest BCUT2D eigenvalue weighted by molar-refractivity contribution is 7.89. The van der Waals surface area contributed by atoms with Crippen molar-refractivity contribution in [3.8, 4) is 0 Å². The Hall–Kier alpha value is -1.09. The Morgan fingerprint density at radius 3 is 2.85 bits per heavy atom. The van der Waals surface area contributed by atoms with E-state index in [2.05, 4.69) is 4.72 Å². The van der Waals surface area contributed by atoms with Crippen LogP contribution in [0.5, 0.6) is 0 Å².